The Hall–Kier alpha value is -1.07. The summed E-state index contributed by atoms with van der Waals surface area (Å²) in [7, 11) is 0. The van der Waals surface area contributed by atoms with Gasteiger partial charge in [0, 0.05) is 6.61 Å². The van der Waals surface area contributed by atoms with E-state index in [4.69, 9.17) is 15.2 Å². The fourth-order valence-corrected chi connectivity index (χ4v) is 1.44. The van der Waals surface area contributed by atoms with Crippen LogP contribution < -0.4 is 5.73 Å². The molecular formula is C8H11NO3S. The maximum atomic E-state index is 11.2. The SMILES string of the molecule is CCOCOC(=O)c1sccc1N. The maximum Gasteiger partial charge on any atom is 0.352 e. The van der Waals surface area contributed by atoms with Crippen molar-refractivity contribution in [3.63, 3.8) is 0 Å². The summed E-state index contributed by atoms with van der Waals surface area (Å²) in [5, 5.41) is 1.74. The van der Waals surface area contributed by atoms with E-state index in [0.717, 1.165) is 0 Å². The summed E-state index contributed by atoms with van der Waals surface area (Å²) >= 11 is 1.26. The molecule has 5 heteroatoms. The zero-order chi connectivity index (χ0) is 9.68. The molecule has 0 radical (unpaired) electrons. The van der Waals surface area contributed by atoms with Gasteiger partial charge in [0.15, 0.2) is 6.79 Å². The van der Waals surface area contributed by atoms with Gasteiger partial charge in [-0.1, -0.05) is 0 Å². The summed E-state index contributed by atoms with van der Waals surface area (Å²) in [5.74, 6) is -0.430. The van der Waals surface area contributed by atoms with Crippen LogP contribution in [-0.2, 0) is 9.47 Å². The van der Waals surface area contributed by atoms with Crippen molar-refractivity contribution in [2.24, 2.45) is 0 Å². The lowest BCUT2D eigenvalue weighted by molar-refractivity contribution is -0.0270. The number of nitrogens with two attached hydrogens (primary N) is 1. The normalized spacial score (nSPS) is 9.92. The molecule has 0 amide bonds. The minimum absolute atomic E-state index is 0.0212. The summed E-state index contributed by atoms with van der Waals surface area (Å²) in [6.07, 6.45) is 0. The summed E-state index contributed by atoms with van der Waals surface area (Å²) in [6.45, 7) is 2.33. The molecule has 0 unspecified atom stereocenters. The Bertz CT molecular complexity index is 285. The van der Waals surface area contributed by atoms with Crippen LogP contribution in [0.2, 0.25) is 0 Å². The number of carbonyl (C=O) groups is 1. The number of nitrogen functional groups attached to an aromatic ring is 1. The molecule has 0 spiro atoms. The lowest BCUT2D eigenvalue weighted by Gasteiger charge is -2.02. The van der Waals surface area contributed by atoms with Crippen molar-refractivity contribution in [3.05, 3.63) is 16.3 Å². The third-order valence-corrected chi connectivity index (χ3v) is 2.27. The van der Waals surface area contributed by atoms with E-state index in [2.05, 4.69) is 0 Å². The van der Waals surface area contributed by atoms with Crippen LogP contribution in [0.4, 0.5) is 5.69 Å². The second-order valence-electron chi connectivity index (χ2n) is 2.25. The van der Waals surface area contributed by atoms with Crippen LogP contribution in [0.15, 0.2) is 11.4 Å². The van der Waals surface area contributed by atoms with Gasteiger partial charge in [-0.15, -0.1) is 11.3 Å². The van der Waals surface area contributed by atoms with Crippen molar-refractivity contribution in [2.45, 2.75) is 6.92 Å². The van der Waals surface area contributed by atoms with Crippen molar-refractivity contribution in [1.29, 1.82) is 0 Å². The van der Waals surface area contributed by atoms with Crippen LogP contribution in [0.25, 0.3) is 0 Å². The van der Waals surface area contributed by atoms with E-state index >= 15 is 0 Å². The Morgan fingerprint density at radius 1 is 1.69 bits per heavy atom. The van der Waals surface area contributed by atoms with Crippen molar-refractivity contribution >= 4 is 23.0 Å². The predicted molar refractivity (Wildman–Crippen MR) is 50.6 cm³/mol. The van der Waals surface area contributed by atoms with E-state index in [-0.39, 0.29) is 6.79 Å². The van der Waals surface area contributed by atoms with Crippen molar-refractivity contribution in [1.82, 2.24) is 0 Å². The topological polar surface area (TPSA) is 61.5 Å². The number of hydrogen-bond donors (Lipinski definition) is 1. The second-order valence-corrected chi connectivity index (χ2v) is 3.16. The van der Waals surface area contributed by atoms with Crippen LogP contribution in [-0.4, -0.2) is 19.4 Å². The fourth-order valence-electron chi connectivity index (χ4n) is 0.729. The molecule has 1 aromatic heterocycles. The molecule has 0 atom stereocenters. The highest BCUT2D eigenvalue weighted by atomic mass is 32.1. The molecule has 2 N–H and O–H groups in total. The number of thiophene rings is 1. The Balaban J connectivity index is 2.45. The van der Waals surface area contributed by atoms with E-state index in [1.807, 2.05) is 6.92 Å². The van der Waals surface area contributed by atoms with Crippen molar-refractivity contribution in [3.8, 4) is 0 Å². The van der Waals surface area contributed by atoms with Crippen LogP contribution in [0, 0.1) is 0 Å². The highest BCUT2D eigenvalue weighted by Crippen LogP contribution is 2.19. The van der Waals surface area contributed by atoms with Gasteiger partial charge < -0.3 is 15.2 Å². The number of ether oxygens (including phenoxy) is 2. The molecule has 0 aliphatic heterocycles. The summed E-state index contributed by atoms with van der Waals surface area (Å²) in [5.41, 5.74) is 5.96. The average Bonchev–Trinajstić information content (AvgIpc) is 2.52. The van der Waals surface area contributed by atoms with Gasteiger partial charge in [0.2, 0.25) is 0 Å². The monoisotopic (exact) mass is 201 g/mol. The lowest BCUT2D eigenvalue weighted by atomic mass is 10.4. The van der Waals surface area contributed by atoms with E-state index < -0.39 is 5.97 Å². The Labute approximate surface area is 80.3 Å². The standard InChI is InChI=1S/C8H11NO3S/c1-2-11-5-12-8(10)7-6(9)3-4-13-7/h3-4H,2,5,9H2,1H3. The first-order valence-corrected chi connectivity index (χ1v) is 4.71. The molecule has 1 aromatic rings. The maximum absolute atomic E-state index is 11.2. The van der Waals surface area contributed by atoms with Crippen LogP contribution in [0.3, 0.4) is 0 Å². The molecule has 0 saturated carbocycles. The molecule has 0 saturated heterocycles. The first kappa shape index (κ1) is 10.0. The number of esters is 1. The number of hydrogen-bond acceptors (Lipinski definition) is 5. The molecule has 0 aromatic carbocycles. The summed E-state index contributed by atoms with van der Waals surface area (Å²) in [4.78, 5) is 11.7. The second kappa shape index (κ2) is 4.84. The Morgan fingerprint density at radius 3 is 3.00 bits per heavy atom. The zero-order valence-corrected chi connectivity index (χ0v) is 8.10. The highest BCUT2D eigenvalue weighted by molar-refractivity contribution is 7.12. The van der Waals surface area contributed by atoms with Crippen LogP contribution in [0.5, 0.6) is 0 Å². The molecule has 1 heterocycles. The van der Waals surface area contributed by atoms with Gasteiger partial charge >= 0.3 is 5.97 Å². The molecule has 0 fully saturated rings. The number of carbonyl (C=O) groups excluding carboxylic acids is 1. The molecule has 0 aliphatic rings. The van der Waals surface area contributed by atoms with E-state index in [9.17, 15) is 4.79 Å². The van der Waals surface area contributed by atoms with Gasteiger partial charge in [0.25, 0.3) is 0 Å². The fraction of sp³-hybridized carbons (Fsp3) is 0.375. The van der Waals surface area contributed by atoms with Gasteiger partial charge in [-0.25, -0.2) is 4.79 Å². The molecule has 0 bridgehead atoms. The van der Waals surface area contributed by atoms with Gasteiger partial charge in [-0.3, -0.25) is 0 Å². The smallest absolute Gasteiger partial charge is 0.352 e. The lowest BCUT2D eigenvalue weighted by Crippen LogP contribution is -2.08. The van der Waals surface area contributed by atoms with Crippen LogP contribution in [0.1, 0.15) is 16.6 Å². The van der Waals surface area contributed by atoms with Gasteiger partial charge in [-0.05, 0) is 18.4 Å². The van der Waals surface area contributed by atoms with Crippen LogP contribution >= 0.6 is 11.3 Å². The number of anilines is 1. The highest BCUT2D eigenvalue weighted by Gasteiger charge is 2.11. The van der Waals surface area contributed by atoms with Crippen molar-refractivity contribution < 1.29 is 14.3 Å². The first-order valence-electron chi connectivity index (χ1n) is 3.83. The zero-order valence-electron chi connectivity index (χ0n) is 7.28. The van der Waals surface area contributed by atoms with Gasteiger partial charge in [0.05, 0.1) is 5.69 Å². The third-order valence-electron chi connectivity index (χ3n) is 1.36. The molecule has 13 heavy (non-hydrogen) atoms. The average molecular weight is 201 g/mol. The van der Waals surface area contributed by atoms with E-state index in [0.29, 0.717) is 17.2 Å². The Morgan fingerprint density at radius 2 is 2.46 bits per heavy atom. The summed E-state index contributed by atoms with van der Waals surface area (Å²) < 4.78 is 9.64. The minimum atomic E-state index is -0.430. The Kier molecular flexibility index (Phi) is 3.72. The van der Waals surface area contributed by atoms with Gasteiger partial charge in [-0.2, -0.15) is 0 Å². The van der Waals surface area contributed by atoms with E-state index in [1.165, 1.54) is 11.3 Å². The third kappa shape index (κ3) is 2.71. The van der Waals surface area contributed by atoms with Gasteiger partial charge in [0.1, 0.15) is 4.88 Å². The molecule has 1 rings (SSSR count). The quantitative estimate of drug-likeness (QED) is 0.455. The van der Waals surface area contributed by atoms with Crippen molar-refractivity contribution in [2.75, 3.05) is 19.1 Å². The molecule has 0 aliphatic carbocycles. The summed E-state index contributed by atoms with van der Waals surface area (Å²) in [6, 6.07) is 1.67. The molecular weight excluding hydrogens is 190 g/mol. The minimum Gasteiger partial charge on any atom is -0.434 e. The first-order chi connectivity index (χ1) is 6.25. The predicted octanol–water partition coefficient (Wildman–Crippen LogP) is 1.48. The number of rotatable bonds is 4. The van der Waals surface area contributed by atoms with E-state index in [1.54, 1.807) is 11.4 Å². The molecule has 4 nitrogen and oxygen atoms in total. The molecule has 72 valence electrons. The largest absolute Gasteiger partial charge is 0.434 e.